The van der Waals surface area contributed by atoms with Gasteiger partial charge in [-0.05, 0) is 35.6 Å². The van der Waals surface area contributed by atoms with Crippen molar-refractivity contribution in [3.8, 4) is 11.1 Å². The van der Waals surface area contributed by atoms with E-state index < -0.39 is 48.9 Å². The highest BCUT2D eigenvalue weighted by atomic mass is 19.4. The highest BCUT2D eigenvalue weighted by molar-refractivity contribution is 5.79. The summed E-state index contributed by atoms with van der Waals surface area (Å²) in [7, 11) is 0. The van der Waals surface area contributed by atoms with E-state index in [1.165, 1.54) is 0 Å². The molecular formula is C25H27F3N2O5. The number of fused-ring (bicyclic) bond motifs is 3. The molecule has 10 heteroatoms. The van der Waals surface area contributed by atoms with Crippen molar-refractivity contribution in [1.82, 2.24) is 10.6 Å². The van der Waals surface area contributed by atoms with E-state index in [1.807, 2.05) is 48.5 Å². The number of aliphatic carboxylic acids is 1. The number of carbonyl (C=O) groups is 3. The molecular weight excluding hydrogens is 465 g/mol. The van der Waals surface area contributed by atoms with Crippen molar-refractivity contribution < 1.29 is 37.4 Å². The second-order valence-electron chi connectivity index (χ2n) is 8.55. The number of nitrogens with one attached hydrogen (secondary N) is 2. The fourth-order valence-electron chi connectivity index (χ4n) is 4.22. The number of rotatable bonds is 10. The first-order valence-electron chi connectivity index (χ1n) is 11.2. The minimum absolute atomic E-state index is 0.112. The van der Waals surface area contributed by atoms with Gasteiger partial charge in [-0.3, -0.25) is 9.59 Å². The fourth-order valence-corrected chi connectivity index (χ4v) is 4.22. The maximum atomic E-state index is 12.9. The summed E-state index contributed by atoms with van der Waals surface area (Å²) >= 11 is 0. The predicted octanol–water partition coefficient (Wildman–Crippen LogP) is 4.46. The Kier molecular flexibility index (Phi) is 8.37. The van der Waals surface area contributed by atoms with Crippen LogP contribution >= 0.6 is 0 Å². The molecule has 0 aliphatic heterocycles. The molecule has 2 aromatic rings. The maximum Gasteiger partial charge on any atom is 0.407 e. The van der Waals surface area contributed by atoms with Crippen LogP contribution in [0.2, 0.25) is 0 Å². The molecule has 3 N–H and O–H groups in total. The van der Waals surface area contributed by atoms with E-state index in [0.29, 0.717) is 0 Å². The molecule has 0 saturated heterocycles. The highest BCUT2D eigenvalue weighted by Crippen LogP contribution is 2.44. The predicted molar refractivity (Wildman–Crippen MR) is 122 cm³/mol. The topological polar surface area (TPSA) is 105 Å². The summed E-state index contributed by atoms with van der Waals surface area (Å²) in [5.41, 5.74) is 4.32. The van der Waals surface area contributed by atoms with Gasteiger partial charge in [0.1, 0.15) is 6.61 Å². The van der Waals surface area contributed by atoms with E-state index in [0.717, 1.165) is 22.3 Å². The number of carboxylic acid groups (broad SMARTS) is 1. The number of halogens is 3. The summed E-state index contributed by atoms with van der Waals surface area (Å²) in [6.45, 7) is 1.36. The second kappa shape index (κ2) is 11.2. The van der Waals surface area contributed by atoms with Crippen LogP contribution in [-0.4, -0.2) is 48.4 Å². The summed E-state index contributed by atoms with van der Waals surface area (Å²) in [4.78, 5) is 34.9. The van der Waals surface area contributed by atoms with Crippen LogP contribution in [0.3, 0.4) is 0 Å². The molecule has 1 aliphatic rings. The van der Waals surface area contributed by atoms with Crippen LogP contribution in [0.4, 0.5) is 18.0 Å². The maximum absolute atomic E-state index is 12.9. The quantitative estimate of drug-likeness (QED) is 0.454. The largest absolute Gasteiger partial charge is 0.481 e. The minimum Gasteiger partial charge on any atom is -0.481 e. The molecule has 0 heterocycles. The number of alkyl halides is 3. The normalized spacial score (nSPS) is 14.4. The van der Waals surface area contributed by atoms with Gasteiger partial charge in [0, 0.05) is 24.9 Å². The average Bonchev–Trinajstić information content (AvgIpc) is 3.10. The van der Waals surface area contributed by atoms with E-state index in [-0.39, 0.29) is 25.5 Å². The fraction of sp³-hybridized carbons (Fsp3) is 0.400. The van der Waals surface area contributed by atoms with Gasteiger partial charge in [-0.15, -0.1) is 0 Å². The number of hydrogen-bond acceptors (Lipinski definition) is 4. The molecule has 2 atom stereocenters. The number of carbonyl (C=O) groups excluding carboxylic acids is 2. The average molecular weight is 492 g/mol. The van der Waals surface area contributed by atoms with Gasteiger partial charge in [-0.1, -0.05) is 48.5 Å². The lowest BCUT2D eigenvalue weighted by atomic mass is 9.98. The van der Waals surface area contributed by atoms with Gasteiger partial charge in [0.15, 0.2) is 0 Å². The van der Waals surface area contributed by atoms with Gasteiger partial charge in [-0.25, -0.2) is 4.79 Å². The summed E-state index contributed by atoms with van der Waals surface area (Å²) in [6.07, 6.45) is -7.14. The second-order valence-corrected chi connectivity index (χ2v) is 8.55. The van der Waals surface area contributed by atoms with Crippen LogP contribution in [-0.2, 0) is 14.3 Å². The van der Waals surface area contributed by atoms with Crippen molar-refractivity contribution in [2.24, 2.45) is 5.92 Å². The molecule has 0 spiro atoms. The molecule has 2 aromatic carbocycles. The van der Waals surface area contributed by atoms with E-state index in [4.69, 9.17) is 9.84 Å². The Morgan fingerprint density at radius 3 is 2.11 bits per heavy atom. The summed E-state index contributed by atoms with van der Waals surface area (Å²) in [6, 6.07) is 15.2. The monoisotopic (exact) mass is 492 g/mol. The molecule has 0 fully saturated rings. The number of amides is 2. The first-order chi connectivity index (χ1) is 16.6. The molecule has 0 aromatic heterocycles. The SMILES string of the molecule is C[C@H](CC(=O)NCCC(CC(=O)O)C(F)(F)F)NC(=O)OCC1c2ccccc2-c2ccccc21. The van der Waals surface area contributed by atoms with Crippen LogP contribution in [0.15, 0.2) is 48.5 Å². The number of alkyl carbamates (subject to hydrolysis) is 1. The van der Waals surface area contributed by atoms with E-state index >= 15 is 0 Å². The van der Waals surface area contributed by atoms with Crippen molar-refractivity contribution in [3.63, 3.8) is 0 Å². The lowest BCUT2D eigenvalue weighted by Gasteiger charge is -2.19. The molecule has 7 nitrogen and oxygen atoms in total. The molecule has 2 amide bonds. The zero-order chi connectivity index (χ0) is 25.6. The summed E-state index contributed by atoms with van der Waals surface area (Å²) in [5.74, 6) is -4.27. The molecule has 0 bridgehead atoms. The molecule has 188 valence electrons. The lowest BCUT2D eigenvalue weighted by Crippen LogP contribution is -2.39. The Morgan fingerprint density at radius 1 is 1.00 bits per heavy atom. The number of benzene rings is 2. The van der Waals surface area contributed by atoms with Crippen LogP contribution in [0, 0.1) is 5.92 Å². The molecule has 0 saturated carbocycles. The Balaban J connectivity index is 1.44. The molecule has 1 aliphatic carbocycles. The Bertz CT molecular complexity index is 1030. The van der Waals surface area contributed by atoms with Crippen LogP contribution in [0.1, 0.15) is 43.2 Å². The van der Waals surface area contributed by atoms with Crippen molar-refractivity contribution >= 4 is 18.0 Å². The third kappa shape index (κ3) is 6.97. The lowest BCUT2D eigenvalue weighted by molar-refractivity contribution is -0.184. The summed E-state index contributed by atoms with van der Waals surface area (Å²) in [5, 5.41) is 13.5. The third-order valence-corrected chi connectivity index (χ3v) is 5.90. The first kappa shape index (κ1) is 26.1. The van der Waals surface area contributed by atoms with Crippen molar-refractivity contribution in [2.75, 3.05) is 13.2 Å². The number of hydrogen-bond donors (Lipinski definition) is 3. The molecule has 1 unspecified atom stereocenters. The zero-order valence-electron chi connectivity index (χ0n) is 19.1. The van der Waals surface area contributed by atoms with Crippen molar-refractivity contribution in [1.29, 1.82) is 0 Å². The van der Waals surface area contributed by atoms with Gasteiger partial charge < -0.3 is 20.5 Å². The van der Waals surface area contributed by atoms with Gasteiger partial charge in [0.25, 0.3) is 0 Å². The van der Waals surface area contributed by atoms with Crippen LogP contribution in [0.25, 0.3) is 11.1 Å². The van der Waals surface area contributed by atoms with Gasteiger partial charge in [0.05, 0.1) is 12.3 Å². The highest BCUT2D eigenvalue weighted by Gasteiger charge is 2.40. The molecule has 0 radical (unpaired) electrons. The van der Waals surface area contributed by atoms with E-state index in [9.17, 15) is 27.6 Å². The van der Waals surface area contributed by atoms with Gasteiger partial charge >= 0.3 is 18.2 Å². The van der Waals surface area contributed by atoms with Gasteiger partial charge in [-0.2, -0.15) is 13.2 Å². The number of carboxylic acids is 1. The Morgan fingerprint density at radius 2 is 1.57 bits per heavy atom. The van der Waals surface area contributed by atoms with Gasteiger partial charge in [0.2, 0.25) is 5.91 Å². The van der Waals surface area contributed by atoms with Crippen LogP contribution in [0.5, 0.6) is 0 Å². The standard InChI is InChI=1S/C25H27F3N2O5/c1-15(12-22(31)29-11-10-16(13-23(32)33)25(26,27)28)30-24(34)35-14-21-19-8-4-2-6-17(19)18-7-3-5-9-20(18)21/h2-9,15-16,21H,10-14H2,1H3,(H,29,31)(H,30,34)(H,32,33)/t15-,16?/m1/s1. The zero-order valence-corrected chi connectivity index (χ0v) is 19.1. The van der Waals surface area contributed by atoms with Crippen molar-refractivity contribution in [2.45, 2.75) is 44.3 Å². The first-order valence-corrected chi connectivity index (χ1v) is 11.2. The molecule has 3 rings (SSSR count). The smallest absolute Gasteiger partial charge is 0.407 e. The third-order valence-electron chi connectivity index (χ3n) is 5.90. The Hall–Kier alpha value is -3.56. The summed E-state index contributed by atoms with van der Waals surface area (Å²) < 4.78 is 44.0. The van der Waals surface area contributed by atoms with E-state index in [2.05, 4.69) is 10.6 Å². The molecule has 35 heavy (non-hydrogen) atoms. The van der Waals surface area contributed by atoms with Crippen LogP contribution < -0.4 is 10.6 Å². The Labute approximate surface area is 200 Å². The number of ether oxygens (including phenoxy) is 1. The van der Waals surface area contributed by atoms with Crippen molar-refractivity contribution in [3.05, 3.63) is 59.7 Å². The van der Waals surface area contributed by atoms with E-state index in [1.54, 1.807) is 6.92 Å². The minimum atomic E-state index is -4.66.